The molecule has 1 aromatic carbocycles. The lowest BCUT2D eigenvalue weighted by Gasteiger charge is -2.17. The van der Waals surface area contributed by atoms with Gasteiger partial charge in [-0.05, 0) is 25.5 Å². The second-order valence-corrected chi connectivity index (χ2v) is 7.45. The summed E-state index contributed by atoms with van der Waals surface area (Å²) in [5.41, 5.74) is 0.864. The van der Waals surface area contributed by atoms with Crippen LogP contribution in [0.2, 0.25) is 10.0 Å². The first-order chi connectivity index (χ1) is 12.3. The Hall–Kier alpha value is -1.83. The Morgan fingerprint density at radius 2 is 2.08 bits per heavy atom. The number of nitrogens with zero attached hydrogens (tertiary/aromatic N) is 2. The Morgan fingerprint density at radius 3 is 2.77 bits per heavy atom. The summed E-state index contributed by atoms with van der Waals surface area (Å²) in [6.07, 6.45) is 0.830. The van der Waals surface area contributed by atoms with Crippen molar-refractivity contribution in [3.8, 4) is 0 Å². The van der Waals surface area contributed by atoms with E-state index in [1.165, 1.54) is 16.2 Å². The van der Waals surface area contributed by atoms with Crippen molar-refractivity contribution in [2.45, 2.75) is 26.3 Å². The molecule has 0 fully saturated rings. The van der Waals surface area contributed by atoms with E-state index in [1.54, 1.807) is 30.6 Å². The SMILES string of the molecule is CC[C@@H](C)NC(=O)CN(C)C(=O)c1csc(Nc2cccc(Cl)c2Cl)n1. The number of hydrogen-bond acceptors (Lipinski definition) is 5. The molecule has 6 nitrogen and oxygen atoms in total. The highest BCUT2D eigenvalue weighted by molar-refractivity contribution is 7.14. The summed E-state index contributed by atoms with van der Waals surface area (Å²) < 4.78 is 0. The highest BCUT2D eigenvalue weighted by Crippen LogP contribution is 2.32. The average Bonchev–Trinajstić information content (AvgIpc) is 3.06. The molecule has 1 aromatic heterocycles. The van der Waals surface area contributed by atoms with E-state index in [0.717, 1.165) is 6.42 Å². The van der Waals surface area contributed by atoms with Crippen LogP contribution in [0, 0.1) is 0 Å². The predicted octanol–water partition coefficient (Wildman–Crippen LogP) is 4.18. The van der Waals surface area contributed by atoms with Gasteiger partial charge in [0.2, 0.25) is 5.91 Å². The van der Waals surface area contributed by atoms with Crippen molar-refractivity contribution in [2.75, 3.05) is 18.9 Å². The van der Waals surface area contributed by atoms with Crippen molar-refractivity contribution in [1.82, 2.24) is 15.2 Å². The Balaban J connectivity index is 2.00. The first-order valence-electron chi connectivity index (χ1n) is 8.03. The minimum Gasteiger partial charge on any atom is -0.352 e. The fourth-order valence-electron chi connectivity index (χ4n) is 2.05. The first-order valence-corrected chi connectivity index (χ1v) is 9.66. The Labute approximate surface area is 166 Å². The largest absolute Gasteiger partial charge is 0.352 e. The van der Waals surface area contributed by atoms with E-state index in [9.17, 15) is 9.59 Å². The zero-order valence-corrected chi connectivity index (χ0v) is 17.0. The third-order valence-corrected chi connectivity index (χ3v) is 5.24. The van der Waals surface area contributed by atoms with Crippen LogP contribution >= 0.6 is 34.5 Å². The van der Waals surface area contributed by atoms with E-state index in [4.69, 9.17) is 23.2 Å². The van der Waals surface area contributed by atoms with Gasteiger partial charge in [0.25, 0.3) is 5.91 Å². The van der Waals surface area contributed by atoms with Crippen LogP contribution in [0.3, 0.4) is 0 Å². The Bertz CT molecular complexity index is 797. The molecule has 0 spiro atoms. The van der Waals surface area contributed by atoms with Crippen LogP contribution in [-0.4, -0.2) is 41.3 Å². The minimum absolute atomic E-state index is 0.0242. The molecule has 2 N–H and O–H groups in total. The third-order valence-electron chi connectivity index (χ3n) is 3.66. The Kier molecular flexibility index (Phi) is 7.25. The van der Waals surface area contributed by atoms with E-state index < -0.39 is 0 Å². The maximum Gasteiger partial charge on any atom is 0.273 e. The molecular weight excluding hydrogens is 395 g/mol. The molecule has 0 saturated heterocycles. The molecular formula is C17H20Cl2N4O2S. The number of halogens is 2. The number of thiazole rings is 1. The normalized spacial score (nSPS) is 11.7. The lowest BCUT2D eigenvalue weighted by molar-refractivity contribution is -0.122. The summed E-state index contributed by atoms with van der Waals surface area (Å²) in [5.74, 6) is -0.528. The number of hydrogen-bond donors (Lipinski definition) is 2. The summed E-state index contributed by atoms with van der Waals surface area (Å²) >= 11 is 13.4. The highest BCUT2D eigenvalue weighted by atomic mass is 35.5. The molecule has 0 aliphatic heterocycles. The number of aromatic nitrogens is 1. The van der Waals surface area contributed by atoms with Gasteiger partial charge in [-0.1, -0.05) is 36.2 Å². The van der Waals surface area contributed by atoms with Crippen LogP contribution in [0.15, 0.2) is 23.6 Å². The maximum absolute atomic E-state index is 12.4. The summed E-state index contributed by atoms with van der Waals surface area (Å²) in [7, 11) is 1.57. The quantitative estimate of drug-likeness (QED) is 0.712. The van der Waals surface area contributed by atoms with Gasteiger partial charge in [0.15, 0.2) is 5.13 Å². The number of likely N-dealkylation sites (N-methyl/N-ethyl adjacent to an activating group) is 1. The molecule has 140 valence electrons. The van der Waals surface area contributed by atoms with E-state index in [0.29, 0.717) is 20.9 Å². The van der Waals surface area contributed by atoms with Crippen molar-refractivity contribution in [3.05, 3.63) is 39.3 Å². The molecule has 2 aromatic rings. The zero-order valence-electron chi connectivity index (χ0n) is 14.7. The van der Waals surface area contributed by atoms with Crippen LogP contribution in [0.4, 0.5) is 10.8 Å². The third kappa shape index (κ3) is 5.33. The molecule has 2 amide bonds. The second kappa shape index (κ2) is 9.21. The molecule has 0 saturated carbocycles. The van der Waals surface area contributed by atoms with E-state index >= 15 is 0 Å². The van der Waals surface area contributed by atoms with Gasteiger partial charge in [0.1, 0.15) is 5.69 Å². The lowest BCUT2D eigenvalue weighted by atomic mass is 10.2. The molecule has 1 heterocycles. The van der Waals surface area contributed by atoms with Gasteiger partial charge in [-0.3, -0.25) is 9.59 Å². The fourth-order valence-corrected chi connectivity index (χ4v) is 3.09. The van der Waals surface area contributed by atoms with Crippen LogP contribution in [-0.2, 0) is 4.79 Å². The molecule has 0 unspecified atom stereocenters. The molecule has 0 bridgehead atoms. The van der Waals surface area contributed by atoms with E-state index in [-0.39, 0.29) is 30.1 Å². The maximum atomic E-state index is 12.4. The molecule has 26 heavy (non-hydrogen) atoms. The van der Waals surface area contributed by atoms with Gasteiger partial charge < -0.3 is 15.5 Å². The van der Waals surface area contributed by atoms with Crippen LogP contribution in [0.25, 0.3) is 0 Å². The van der Waals surface area contributed by atoms with Gasteiger partial charge in [-0.15, -0.1) is 11.3 Å². The smallest absolute Gasteiger partial charge is 0.273 e. The number of carbonyl (C=O) groups excluding carboxylic acids is 2. The average molecular weight is 415 g/mol. The molecule has 2 rings (SSSR count). The van der Waals surface area contributed by atoms with Crippen LogP contribution < -0.4 is 10.6 Å². The number of anilines is 2. The zero-order chi connectivity index (χ0) is 19.3. The number of benzene rings is 1. The standard InChI is InChI=1S/C17H20Cl2N4O2S/c1-4-10(2)20-14(24)8-23(3)16(25)13-9-26-17(22-13)21-12-7-5-6-11(18)15(12)19/h5-7,9-10H,4,8H2,1-3H3,(H,20,24)(H,21,22)/t10-/m1/s1. The topological polar surface area (TPSA) is 74.3 Å². The van der Waals surface area contributed by atoms with Gasteiger partial charge in [-0.2, -0.15) is 0 Å². The summed E-state index contributed by atoms with van der Waals surface area (Å²) in [4.78, 5) is 30.0. The number of nitrogens with one attached hydrogen (secondary N) is 2. The number of rotatable bonds is 7. The van der Waals surface area contributed by atoms with Gasteiger partial charge in [0.05, 0.1) is 22.3 Å². The summed E-state index contributed by atoms with van der Waals surface area (Å²) in [5, 5.41) is 8.82. The lowest BCUT2D eigenvalue weighted by Crippen LogP contribution is -2.41. The highest BCUT2D eigenvalue weighted by Gasteiger charge is 2.19. The first kappa shape index (κ1) is 20.5. The minimum atomic E-state index is -0.328. The van der Waals surface area contributed by atoms with Crippen LogP contribution in [0.5, 0.6) is 0 Å². The fraction of sp³-hybridized carbons (Fsp3) is 0.353. The van der Waals surface area contributed by atoms with Gasteiger partial charge >= 0.3 is 0 Å². The van der Waals surface area contributed by atoms with Gasteiger partial charge in [-0.25, -0.2) is 4.98 Å². The molecule has 0 radical (unpaired) electrons. The van der Waals surface area contributed by atoms with E-state index in [1.807, 2.05) is 13.8 Å². The summed E-state index contributed by atoms with van der Waals surface area (Å²) in [6, 6.07) is 5.29. The van der Waals surface area contributed by atoms with Crippen molar-refractivity contribution < 1.29 is 9.59 Å². The van der Waals surface area contributed by atoms with Crippen LogP contribution in [0.1, 0.15) is 30.8 Å². The monoisotopic (exact) mass is 414 g/mol. The van der Waals surface area contributed by atoms with Gasteiger partial charge in [0, 0.05) is 18.5 Å². The molecule has 9 heteroatoms. The molecule has 0 aliphatic carbocycles. The van der Waals surface area contributed by atoms with Crippen molar-refractivity contribution in [3.63, 3.8) is 0 Å². The molecule has 0 aliphatic rings. The predicted molar refractivity (Wildman–Crippen MR) is 107 cm³/mol. The number of amides is 2. The van der Waals surface area contributed by atoms with Crippen molar-refractivity contribution >= 4 is 57.2 Å². The Morgan fingerprint density at radius 1 is 1.35 bits per heavy atom. The molecule has 1 atom stereocenters. The summed E-state index contributed by atoms with van der Waals surface area (Å²) in [6.45, 7) is 3.87. The van der Waals surface area contributed by atoms with Crippen molar-refractivity contribution in [1.29, 1.82) is 0 Å². The van der Waals surface area contributed by atoms with E-state index in [2.05, 4.69) is 15.6 Å². The number of carbonyl (C=O) groups is 2. The second-order valence-electron chi connectivity index (χ2n) is 5.80. The van der Waals surface area contributed by atoms with Crippen molar-refractivity contribution in [2.24, 2.45) is 0 Å².